The average Bonchev–Trinajstić information content (AvgIpc) is 3.13. The van der Waals surface area contributed by atoms with Crippen molar-refractivity contribution in [2.75, 3.05) is 57.6 Å². The Hall–Kier alpha value is -3.89. The standard InChI is InChI=1S/C40H48F2N3O4S/c1-4-43(31-21-29(41)20-30(42)22-31)40(47)37-27-44(32-23-33(48-2)25-34(24-32)49-3)38-26-35(10-11-36(38)39(37)46)50-19-9-7-5-6-8-15-45-16-12-28(13-17-45)14-18-45/h10-11,20-28H,4-9,12-19H2,1-3H3/q+1. The number of rotatable bonds is 15. The minimum absolute atomic E-state index is 0.0332. The van der Waals surface area contributed by atoms with Gasteiger partial charge in [0.25, 0.3) is 5.91 Å². The monoisotopic (exact) mass is 704 g/mol. The number of benzene rings is 3. The quantitative estimate of drug-likeness (QED) is 0.0705. The third-order valence-electron chi connectivity index (χ3n) is 10.6. The average molecular weight is 705 g/mol. The highest BCUT2D eigenvalue weighted by atomic mass is 32.2. The lowest BCUT2D eigenvalue weighted by Gasteiger charge is -2.49. The highest BCUT2D eigenvalue weighted by Crippen LogP contribution is 2.34. The van der Waals surface area contributed by atoms with E-state index in [0.29, 0.717) is 28.1 Å². The van der Waals surface area contributed by atoms with E-state index in [0.717, 1.165) is 41.2 Å². The van der Waals surface area contributed by atoms with Gasteiger partial charge >= 0.3 is 0 Å². The van der Waals surface area contributed by atoms with Crippen LogP contribution in [-0.2, 0) is 0 Å². The first-order chi connectivity index (χ1) is 24.2. The number of halogens is 2. The number of thioether (sulfide) groups is 1. The number of carbonyl (C=O) groups excluding carboxylic acids is 1. The fourth-order valence-electron chi connectivity index (χ4n) is 7.72. The molecule has 7 nitrogen and oxygen atoms in total. The third-order valence-corrected chi connectivity index (χ3v) is 11.7. The molecule has 0 unspecified atom stereocenters. The Labute approximate surface area is 297 Å². The van der Waals surface area contributed by atoms with E-state index in [-0.39, 0.29) is 17.8 Å². The predicted molar refractivity (Wildman–Crippen MR) is 197 cm³/mol. The highest BCUT2D eigenvalue weighted by Gasteiger charge is 2.38. The van der Waals surface area contributed by atoms with Gasteiger partial charge in [0.1, 0.15) is 28.7 Å². The van der Waals surface area contributed by atoms with Crippen molar-refractivity contribution in [1.29, 1.82) is 0 Å². The van der Waals surface area contributed by atoms with Gasteiger partial charge in [-0.25, -0.2) is 8.78 Å². The van der Waals surface area contributed by atoms with Gasteiger partial charge in [-0.05, 0) is 87.5 Å². The summed E-state index contributed by atoms with van der Waals surface area (Å²) in [5.41, 5.74) is 0.705. The number of piperidine rings is 3. The lowest BCUT2D eigenvalue weighted by Crippen LogP contribution is -2.58. The van der Waals surface area contributed by atoms with E-state index in [9.17, 15) is 18.4 Å². The molecule has 0 N–H and O–H groups in total. The first-order valence-corrected chi connectivity index (χ1v) is 18.9. The van der Waals surface area contributed by atoms with Crippen LogP contribution >= 0.6 is 11.8 Å². The van der Waals surface area contributed by atoms with Crippen LogP contribution in [0.15, 0.2) is 70.5 Å². The van der Waals surface area contributed by atoms with E-state index in [1.165, 1.54) is 86.7 Å². The molecule has 3 fully saturated rings. The second-order valence-electron chi connectivity index (χ2n) is 13.8. The Morgan fingerprint density at radius 3 is 2.16 bits per heavy atom. The molecule has 3 aliphatic heterocycles. The molecule has 266 valence electrons. The van der Waals surface area contributed by atoms with Crippen molar-refractivity contribution in [3.05, 3.63) is 88.2 Å². The molecule has 4 heterocycles. The molecule has 0 radical (unpaired) electrons. The topological polar surface area (TPSA) is 60.8 Å². The number of hydrogen-bond acceptors (Lipinski definition) is 5. The van der Waals surface area contributed by atoms with Gasteiger partial charge in [-0.15, -0.1) is 11.8 Å². The Balaban J connectivity index is 1.21. The van der Waals surface area contributed by atoms with Crippen LogP contribution < -0.4 is 19.8 Å². The summed E-state index contributed by atoms with van der Waals surface area (Å²) >= 11 is 1.76. The summed E-state index contributed by atoms with van der Waals surface area (Å²) in [6.07, 6.45) is 12.0. The number of quaternary nitrogens is 1. The summed E-state index contributed by atoms with van der Waals surface area (Å²) in [6, 6.07) is 13.9. The summed E-state index contributed by atoms with van der Waals surface area (Å²) in [7, 11) is 3.12. The van der Waals surface area contributed by atoms with Crippen LogP contribution in [0, 0.1) is 17.6 Å². The molecule has 3 aromatic carbocycles. The molecule has 1 aromatic heterocycles. The molecular weight excluding hydrogens is 657 g/mol. The summed E-state index contributed by atoms with van der Waals surface area (Å²) in [5, 5.41) is 0.354. The van der Waals surface area contributed by atoms with Crippen LogP contribution in [0.2, 0.25) is 0 Å². The van der Waals surface area contributed by atoms with Gasteiger partial charge in [0.15, 0.2) is 0 Å². The van der Waals surface area contributed by atoms with Crippen LogP contribution in [0.1, 0.15) is 68.6 Å². The van der Waals surface area contributed by atoms with Gasteiger partial charge in [-0.2, -0.15) is 0 Å². The third kappa shape index (κ3) is 8.02. The minimum atomic E-state index is -0.809. The number of methoxy groups -OCH3 is 2. The van der Waals surface area contributed by atoms with Gasteiger partial charge in [0.2, 0.25) is 5.43 Å². The SMILES string of the molecule is CCN(C(=O)c1cn(-c2cc(OC)cc(OC)c2)c2cc(SCCCCCCC[N+]34CCC(CC3)CC4)ccc2c1=O)c1cc(F)cc(F)c1. The smallest absolute Gasteiger partial charge is 0.263 e. The Bertz CT molecular complexity index is 1830. The van der Waals surface area contributed by atoms with Crippen LogP contribution in [0.3, 0.4) is 0 Å². The number of aromatic nitrogens is 1. The van der Waals surface area contributed by atoms with Crippen molar-refractivity contribution in [3.63, 3.8) is 0 Å². The van der Waals surface area contributed by atoms with E-state index in [1.807, 2.05) is 12.1 Å². The zero-order valence-electron chi connectivity index (χ0n) is 29.4. The molecular formula is C40H48F2N3O4S+. The van der Waals surface area contributed by atoms with Gasteiger partial charge in [0.05, 0.1) is 51.6 Å². The number of anilines is 1. The van der Waals surface area contributed by atoms with Gasteiger partial charge in [-0.3, -0.25) is 9.59 Å². The maximum Gasteiger partial charge on any atom is 0.263 e. The summed E-state index contributed by atoms with van der Waals surface area (Å²) in [4.78, 5) is 30.1. The van der Waals surface area contributed by atoms with Gasteiger partial charge < -0.3 is 23.4 Å². The summed E-state index contributed by atoms with van der Waals surface area (Å²) in [5.74, 6) is 0.784. The van der Waals surface area contributed by atoms with E-state index in [1.54, 1.807) is 61.7 Å². The summed E-state index contributed by atoms with van der Waals surface area (Å²) < 4.78 is 42.5. The largest absolute Gasteiger partial charge is 0.497 e. The van der Waals surface area contributed by atoms with Crippen LogP contribution in [-0.4, -0.2) is 67.7 Å². The number of amides is 1. The molecule has 3 aliphatic rings. The van der Waals surface area contributed by atoms with E-state index in [2.05, 4.69) is 0 Å². The van der Waals surface area contributed by atoms with Crippen molar-refractivity contribution in [3.8, 4) is 17.2 Å². The molecule has 4 aromatic rings. The van der Waals surface area contributed by atoms with Crippen molar-refractivity contribution in [2.24, 2.45) is 5.92 Å². The normalized spacial score (nSPS) is 18.4. The number of hydrogen-bond donors (Lipinski definition) is 0. The van der Waals surface area contributed by atoms with Crippen LogP contribution in [0.5, 0.6) is 11.5 Å². The van der Waals surface area contributed by atoms with Crippen LogP contribution in [0.4, 0.5) is 14.5 Å². The molecule has 7 rings (SSSR count). The number of fused-ring (bicyclic) bond motifs is 4. The van der Waals surface area contributed by atoms with Crippen molar-refractivity contribution in [1.82, 2.24) is 4.57 Å². The molecule has 0 saturated carbocycles. The number of pyridine rings is 1. The van der Waals surface area contributed by atoms with Crippen molar-refractivity contribution in [2.45, 2.75) is 63.2 Å². The van der Waals surface area contributed by atoms with E-state index in [4.69, 9.17) is 9.47 Å². The van der Waals surface area contributed by atoms with E-state index >= 15 is 0 Å². The maximum atomic E-state index is 14.1. The fraction of sp³-hybridized carbons (Fsp3) is 0.450. The lowest BCUT2D eigenvalue weighted by molar-refractivity contribution is -0.942. The molecule has 0 atom stereocenters. The molecule has 0 spiro atoms. The van der Waals surface area contributed by atoms with Gasteiger partial charge in [0, 0.05) is 53.0 Å². The Morgan fingerprint density at radius 1 is 0.880 bits per heavy atom. The predicted octanol–water partition coefficient (Wildman–Crippen LogP) is 8.63. The number of unbranched alkanes of at least 4 members (excludes halogenated alkanes) is 4. The zero-order valence-corrected chi connectivity index (χ0v) is 30.2. The van der Waals surface area contributed by atoms with Crippen molar-refractivity contribution < 1.29 is 27.5 Å². The molecule has 3 saturated heterocycles. The zero-order chi connectivity index (χ0) is 35.3. The number of nitrogens with zero attached hydrogens (tertiary/aromatic N) is 3. The first kappa shape index (κ1) is 35.9. The summed E-state index contributed by atoms with van der Waals surface area (Å²) in [6.45, 7) is 7.34. The van der Waals surface area contributed by atoms with Crippen molar-refractivity contribution >= 4 is 34.3 Å². The van der Waals surface area contributed by atoms with E-state index < -0.39 is 23.0 Å². The fourth-order valence-corrected chi connectivity index (χ4v) is 8.66. The van der Waals surface area contributed by atoms with Crippen LogP contribution in [0.25, 0.3) is 16.6 Å². The molecule has 10 heteroatoms. The molecule has 50 heavy (non-hydrogen) atoms. The maximum absolute atomic E-state index is 14.1. The molecule has 0 aliphatic carbocycles. The Kier molecular flexibility index (Phi) is 11.5. The minimum Gasteiger partial charge on any atom is -0.497 e. The lowest BCUT2D eigenvalue weighted by atomic mass is 9.85. The number of carbonyl (C=O) groups is 1. The molecule has 1 amide bonds. The number of ether oxygens (including phenoxy) is 2. The highest BCUT2D eigenvalue weighted by molar-refractivity contribution is 7.99. The van der Waals surface area contributed by atoms with Gasteiger partial charge in [-0.1, -0.05) is 12.8 Å². The first-order valence-electron chi connectivity index (χ1n) is 17.9. The second-order valence-corrected chi connectivity index (χ2v) is 14.9. The Morgan fingerprint density at radius 2 is 1.52 bits per heavy atom. The second kappa shape index (κ2) is 16.0. The molecule has 2 bridgehead atoms.